The molecule has 3 atom stereocenters. The van der Waals surface area contributed by atoms with Gasteiger partial charge in [-0.2, -0.15) is 0 Å². The molecule has 8 nitrogen and oxygen atoms in total. The number of hydrogen-bond acceptors (Lipinski definition) is 6. The summed E-state index contributed by atoms with van der Waals surface area (Å²) in [6.07, 6.45) is 2.84. The molecule has 0 unspecified atom stereocenters. The van der Waals surface area contributed by atoms with E-state index in [1.807, 2.05) is 4.90 Å². The van der Waals surface area contributed by atoms with E-state index in [2.05, 4.69) is 5.32 Å². The average Bonchev–Trinajstić information content (AvgIpc) is 3.20. The van der Waals surface area contributed by atoms with E-state index in [1.165, 1.54) is 12.0 Å². The zero-order valence-electron chi connectivity index (χ0n) is 16.0. The molecule has 0 aromatic heterocycles. The first-order chi connectivity index (χ1) is 12.2. The highest BCUT2D eigenvalue weighted by atomic mass is 16.6. The highest BCUT2D eigenvalue weighted by Gasteiger charge is 2.45. The molecule has 3 aliphatic rings. The lowest BCUT2D eigenvalue weighted by Crippen LogP contribution is -2.46. The zero-order chi connectivity index (χ0) is 19.1. The van der Waals surface area contributed by atoms with Crippen LogP contribution in [-0.4, -0.2) is 77.7 Å². The molecular formula is C18H29N3O5. The van der Waals surface area contributed by atoms with E-state index in [1.54, 1.807) is 20.8 Å². The third kappa shape index (κ3) is 4.11. The highest BCUT2D eigenvalue weighted by Crippen LogP contribution is 2.31. The van der Waals surface area contributed by atoms with E-state index in [4.69, 9.17) is 9.47 Å². The van der Waals surface area contributed by atoms with Crippen LogP contribution in [0.25, 0.3) is 0 Å². The number of esters is 1. The summed E-state index contributed by atoms with van der Waals surface area (Å²) in [7, 11) is 1.31. The van der Waals surface area contributed by atoms with Crippen LogP contribution >= 0.6 is 0 Å². The van der Waals surface area contributed by atoms with Crippen molar-refractivity contribution in [2.24, 2.45) is 0 Å². The highest BCUT2D eigenvalue weighted by molar-refractivity contribution is 5.85. The first kappa shape index (κ1) is 18.9. The van der Waals surface area contributed by atoms with Crippen LogP contribution in [0.4, 0.5) is 4.79 Å². The molecular weight excluding hydrogens is 338 g/mol. The maximum absolute atomic E-state index is 12.5. The Morgan fingerprint density at radius 2 is 1.88 bits per heavy atom. The summed E-state index contributed by atoms with van der Waals surface area (Å²) in [6.45, 7) is 6.46. The number of nitrogens with one attached hydrogen (secondary N) is 1. The van der Waals surface area contributed by atoms with Crippen molar-refractivity contribution >= 4 is 18.0 Å². The molecule has 1 aliphatic carbocycles. The van der Waals surface area contributed by atoms with Gasteiger partial charge in [-0.3, -0.25) is 9.69 Å². The largest absolute Gasteiger partial charge is 0.467 e. The summed E-state index contributed by atoms with van der Waals surface area (Å²) in [5, 5.41) is 3.35. The number of rotatable bonds is 4. The van der Waals surface area contributed by atoms with Crippen molar-refractivity contribution in [3.8, 4) is 0 Å². The van der Waals surface area contributed by atoms with Crippen molar-refractivity contribution in [1.29, 1.82) is 0 Å². The van der Waals surface area contributed by atoms with Crippen molar-refractivity contribution in [1.82, 2.24) is 15.1 Å². The molecule has 0 bridgehead atoms. The standard InChI is InChI=1S/C18H29N3O5/c1-18(2,3)26-17(24)21-10-11(9-14(21)16(23)25-4)19-13-7-8-20(15(13)22)12-5-6-12/h11-14,19H,5-10H2,1-4H3/t11-,13+,14-/m0/s1. The summed E-state index contributed by atoms with van der Waals surface area (Å²) in [5.41, 5.74) is -0.643. The van der Waals surface area contributed by atoms with Crippen LogP contribution in [0, 0.1) is 0 Å². The van der Waals surface area contributed by atoms with Gasteiger partial charge >= 0.3 is 12.1 Å². The Bertz CT molecular complexity index is 584. The Morgan fingerprint density at radius 1 is 1.19 bits per heavy atom. The van der Waals surface area contributed by atoms with E-state index in [0.717, 1.165) is 25.8 Å². The van der Waals surface area contributed by atoms with Crippen molar-refractivity contribution in [2.75, 3.05) is 20.2 Å². The summed E-state index contributed by atoms with van der Waals surface area (Å²) >= 11 is 0. The molecule has 0 radical (unpaired) electrons. The number of likely N-dealkylation sites (tertiary alicyclic amines) is 2. The fourth-order valence-electron chi connectivity index (χ4n) is 3.73. The fourth-order valence-corrected chi connectivity index (χ4v) is 3.73. The Kier molecular flexibility index (Phi) is 5.14. The summed E-state index contributed by atoms with van der Waals surface area (Å²) < 4.78 is 10.3. The minimum Gasteiger partial charge on any atom is -0.467 e. The van der Waals surface area contributed by atoms with Gasteiger partial charge in [-0.15, -0.1) is 0 Å². The summed E-state index contributed by atoms with van der Waals surface area (Å²) in [6, 6.07) is -0.653. The number of amides is 2. The Labute approximate surface area is 154 Å². The van der Waals surface area contributed by atoms with Crippen LogP contribution in [0.5, 0.6) is 0 Å². The van der Waals surface area contributed by atoms with Crippen LogP contribution in [0.3, 0.4) is 0 Å². The Hall–Kier alpha value is -1.83. The SMILES string of the molecule is COC(=O)[C@@H]1C[C@H](N[C@@H]2CCN(C3CC3)C2=O)CN1C(=O)OC(C)(C)C. The Morgan fingerprint density at radius 3 is 2.46 bits per heavy atom. The number of hydrogen-bond donors (Lipinski definition) is 1. The van der Waals surface area contributed by atoms with Crippen LogP contribution in [0.15, 0.2) is 0 Å². The molecule has 2 amide bonds. The molecule has 0 aromatic carbocycles. The number of carbonyl (C=O) groups excluding carboxylic acids is 3. The lowest BCUT2D eigenvalue weighted by molar-refractivity contribution is -0.145. The average molecular weight is 367 g/mol. The lowest BCUT2D eigenvalue weighted by Gasteiger charge is -2.27. The van der Waals surface area contributed by atoms with Crippen LogP contribution in [0.1, 0.15) is 46.5 Å². The second-order valence-electron chi connectivity index (χ2n) is 8.38. The quantitative estimate of drug-likeness (QED) is 0.743. The van der Waals surface area contributed by atoms with Crippen molar-refractivity contribution in [2.45, 2.75) is 76.2 Å². The molecule has 3 rings (SSSR count). The van der Waals surface area contributed by atoms with Gasteiger partial charge in [0.25, 0.3) is 0 Å². The predicted octanol–water partition coefficient (Wildman–Crippen LogP) is 0.890. The molecule has 0 aromatic rings. The molecule has 146 valence electrons. The first-order valence-corrected chi connectivity index (χ1v) is 9.33. The number of nitrogens with zero attached hydrogens (tertiary/aromatic N) is 2. The van der Waals surface area contributed by atoms with Gasteiger partial charge < -0.3 is 19.7 Å². The van der Waals surface area contributed by atoms with E-state index >= 15 is 0 Å². The topological polar surface area (TPSA) is 88.2 Å². The minimum atomic E-state index is -0.691. The number of methoxy groups -OCH3 is 1. The second kappa shape index (κ2) is 7.06. The van der Waals surface area contributed by atoms with Gasteiger partial charge in [0.15, 0.2) is 0 Å². The smallest absolute Gasteiger partial charge is 0.411 e. The molecule has 1 saturated carbocycles. The number of ether oxygens (including phenoxy) is 2. The van der Waals surface area contributed by atoms with Gasteiger partial charge in [-0.1, -0.05) is 0 Å². The Balaban J connectivity index is 1.63. The monoisotopic (exact) mass is 367 g/mol. The minimum absolute atomic E-state index is 0.137. The third-order valence-corrected chi connectivity index (χ3v) is 5.07. The van der Waals surface area contributed by atoms with Gasteiger partial charge in [-0.25, -0.2) is 9.59 Å². The van der Waals surface area contributed by atoms with Crippen LogP contribution < -0.4 is 5.32 Å². The van der Waals surface area contributed by atoms with Gasteiger partial charge in [-0.05, 0) is 46.5 Å². The molecule has 2 saturated heterocycles. The molecule has 3 fully saturated rings. The lowest BCUT2D eigenvalue weighted by atomic mass is 10.1. The van der Waals surface area contributed by atoms with Gasteiger partial charge in [0.2, 0.25) is 5.91 Å². The summed E-state index contributed by atoms with van der Waals surface area (Å²) in [5.74, 6) is -0.324. The predicted molar refractivity (Wildman–Crippen MR) is 93.4 cm³/mol. The third-order valence-electron chi connectivity index (χ3n) is 5.07. The molecule has 8 heteroatoms. The molecule has 0 spiro atoms. The van der Waals surface area contributed by atoms with Crippen molar-refractivity contribution in [3.05, 3.63) is 0 Å². The molecule has 2 aliphatic heterocycles. The maximum Gasteiger partial charge on any atom is 0.411 e. The van der Waals surface area contributed by atoms with E-state index in [9.17, 15) is 14.4 Å². The molecule has 26 heavy (non-hydrogen) atoms. The van der Waals surface area contributed by atoms with E-state index in [0.29, 0.717) is 19.0 Å². The second-order valence-corrected chi connectivity index (χ2v) is 8.38. The normalized spacial score (nSPS) is 29.2. The number of carbonyl (C=O) groups is 3. The molecule has 2 heterocycles. The van der Waals surface area contributed by atoms with Crippen LogP contribution in [-0.2, 0) is 19.1 Å². The first-order valence-electron chi connectivity index (χ1n) is 9.33. The van der Waals surface area contributed by atoms with Gasteiger partial charge in [0.1, 0.15) is 11.6 Å². The maximum atomic E-state index is 12.5. The van der Waals surface area contributed by atoms with Gasteiger partial charge in [0.05, 0.1) is 13.2 Å². The fraction of sp³-hybridized carbons (Fsp3) is 0.833. The van der Waals surface area contributed by atoms with E-state index < -0.39 is 23.7 Å². The zero-order valence-corrected chi connectivity index (χ0v) is 16.0. The molecule has 1 N–H and O–H groups in total. The van der Waals surface area contributed by atoms with Crippen LogP contribution in [0.2, 0.25) is 0 Å². The van der Waals surface area contributed by atoms with E-state index in [-0.39, 0.29) is 18.0 Å². The van der Waals surface area contributed by atoms with Crippen molar-refractivity contribution in [3.63, 3.8) is 0 Å². The summed E-state index contributed by atoms with van der Waals surface area (Å²) in [4.78, 5) is 40.5. The van der Waals surface area contributed by atoms with Crippen molar-refractivity contribution < 1.29 is 23.9 Å². The van der Waals surface area contributed by atoms with Gasteiger partial charge in [0, 0.05) is 25.2 Å².